The van der Waals surface area contributed by atoms with Gasteiger partial charge in [-0.25, -0.2) is 0 Å². The zero-order chi connectivity index (χ0) is 17.2. The molecule has 2 heterocycles. The quantitative estimate of drug-likeness (QED) is 0.304. The summed E-state index contributed by atoms with van der Waals surface area (Å²) in [5.41, 5.74) is 19.6. The Labute approximate surface area is 144 Å². The van der Waals surface area contributed by atoms with E-state index < -0.39 is 0 Å². The van der Waals surface area contributed by atoms with Gasteiger partial charge in [0, 0.05) is 28.7 Å². The van der Waals surface area contributed by atoms with E-state index in [1.54, 1.807) is 18.6 Å². The zero-order valence-corrected chi connectivity index (χ0v) is 13.3. The lowest BCUT2D eigenvalue weighted by Gasteiger charge is -2.07. The van der Waals surface area contributed by atoms with Crippen LogP contribution in [0.25, 0.3) is 21.8 Å². The number of hydrazone groups is 1. The van der Waals surface area contributed by atoms with Gasteiger partial charge in [-0.2, -0.15) is 5.10 Å². The summed E-state index contributed by atoms with van der Waals surface area (Å²) in [6.07, 6.45) is 5.19. The Balaban J connectivity index is 1.69. The highest BCUT2D eigenvalue weighted by Crippen LogP contribution is 2.25. The Bertz CT molecular complexity index is 1100. The lowest BCUT2D eigenvalue weighted by atomic mass is 10.1. The number of para-hydroxylation sites is 1. The van der Waals surface area contributed by atoms with Crippen LogP contribution in [0.4, 0.5) is 17.1 Å². The normalized spacial score (nSPS) is 11.4. The first-order valence-corrected chi connectivity index (χ1v) is 7.79. The number of fused-ring (bicyclic) bond motifs is 2. The number of benzene rings is 2. The molecule has 0 saturated heterocycles. The van der Waals surface area contributed by atoms with E-state index in [2.05, 4.69) is 20.5 Å². The molecule has 5 N–H and O–H groups in total. The molecule has 0 bridgehead atoms. The zero-order valence-electron chi connectivity index (χ0n) is 13.3. The molecular formula is C19H16N6. The molecule has 122 valence electrons. The SMILES string of the molecule is Nc1ccc(/C=N/Nc2ccnc3c(N)cccc23)c2cccnc12. The van der Waals surface area contributed by atoms with E-state index in [4.69, 9.17) is 11.5 Å². The first kappa shape index (κ1) is 14.9. The summed E-state index contributed by atoms with van der Waals surface area (Å²) in [5.74, 6) is 0. The number of anilines is 3. The number of pyridine rings is 2. The van der Waals surface area contributed by atoms with Crippen molar-refractivity contribution in [3.05, 3.63) is 66.5 Å². The summed E-state index contributed by atoms with van der Waals surface area (Å²) in [7, 11) is 0. The minimum Gasteiger partial charge on any atom is -0.397 e. The number of nitrogens with two attached hydrogens (primary N) is 2. The maximum atomic E-state index is 5.98. The highest BCUT2D eigenvalue weighted by Gasteiger charge is 2.04. The molecule has 0 aliphatic carbocycles. The van der Waals surface area contributed by atoms with Crippen LogP contribution in [0.15, 0.2) is 66.0 Å². The molecule has 0 aliphatic rings. The first-order chi connectivity index (χ1) is 12.2. The number of aromatic nitrogens is 2. The largest absolute Gasteiger partial charge is 0.397 e. The van der Waals surface area contributed by atoms with Gasteiger partial charge in [-0.15, -0.1) is 0 Å². The van der Waals surface area contributed by atoms with E-state index in [0.29, 0.717) is 11.4 Å². The molecule has 0 fully saturated rings. The second-order valence-corrected chi connectivity index (χ2v) is 5.62. The molecule has 4 aromatic rings. The molecule has 2 aromatic carbocycles. The lowest BCUT2D eigenvalue weighted by molar-refractivity contribution is 1.33. The van der Waals surface area contributed by atoms with Gasteiger partial charge < -0.3 is 11.5 Å². The van der Waals surface area contributed by atoms with Crippen LogP contribution in [0.3, 0.4) is 0 Å². The van der Waals surface area contributed by atoms with Crippen LogP contribution in [0.5, 0.6) is 0 Å². The van der Waals surface area contributed by atoms with Gasteiger partial charge in [0.1, 0.15) is 0 Å². The number of hydrogen-bond donors (Lipinski definition) is 3. The number of nitrogens with one attached hydrogen (secondary N) is 1. The predicted octanol–water partition coefficient (Wildman–Crippen LogP) is 3.39. The van der Waals surface area contributed by atoms with Crippen LogP contribution in [0.1, 0.15) is 5.56 Å². The van der Waals surface area contributed by atoms with E-state index in [0.717, 1.165) is 33.1 Å². The van der Waals surface area contributed by atoms with E-state index in [1.165, 1.54) is 0 Å². The summed E-state index contributed by atoms with van der Waals surface area (Å²) in [6, 6.07) is 15.2. The predicted molar refractivity (Wildman–Crippen MR) is 104 cm³/mol. The Morgan fingerprint density at radius 2 is 1.56 bits per heavy atom. The van der Waals surface area contributed by atoms with Crippen molar-refractivity contribution in [3.8, 4) is 0 Å². The molecule has 25 heavy (non-hydrogen) atoms. The van der Waals surface area contributed by atoms with Crippen LogP contribution in [0.2, 0.25) is 0 Å². The minimum atomic E-state index is 0.640. The van der Waals surface area contributed by atoms with Gasteiger partial charge in [-0.1, -0.05) is 24.3 Å². The monoisotopic (exact) mass is 328 g/mol. The minimum absolute atomic E-state index is 0.640. The molecule has 4 rings (SSSR count). The molecule has 0 spiro atoms. The molecule has 6 heteroatoms. The van der Waals surface area contributed by atoms with E-state index in [9.17, 15) is 0 Å². The third kappa shape index (κ3) is 2.70. The standard InChI is InChI=1S/C19H16N6/c20-15-5-1-3-14-17(8-10-23-19(14)15)25-24-11-12-6-7-16(21)18-13(12)4-2-9-22-18/h1-11H,20-21H2,(H,23,25)/b24-11+. The summed E-state index contributed by atoms with van der Waals surface area (Å²) in [5, 5.41) is 6.23. The molecule has 0 atom stereocenters. The van der Waals surface area contributed by atoms with Crippen LogP contribution in [0, 0.1) is 0 Å². The van der Waals surface area contributed by atoms with Crippen LogP contribution < -0.4 is 16.9 Å². The molecule has 0 unspecified atom stereocenters. The lowest BCUT2D eigenvalue weighted by Crippen LogP contribution is -1.96. The van der Waals surface area contributed by atoms with Crippen LogP contribution in [-0.2, 0) is 0 Å². The fraction of sp³-hybridized carbons (Fsp3) is 0. The van der Waals surface area contributed by atoms with E-state index in [-0.39, 0.29) is 0 Å². The maximum Gasteiger partial charge on any atom is 0.0952 e. The highest BCUT2D eigenvalue weighted by molar-refractivity contribution is 6.03. The van der Waals surface area contributed by atoms with Gasteiger partial charge >= 0.3 is 0 Å². The maximum absolute atomic E-state index is 5.98. The fourth-order valence-corrected chi connectivity index (χ4v) is 2.80. The molecular weight excluding hydrogens is 312 g/mol. The summed E-state index contributed by atoms with van der Waals surface area (Å²) < 4.78 is 0. The Kier molecular flexibility index (Phi) is 3.63. The number of rotatable bonds is 3. The summed E-state index contributed by atoms with van der Waals surface area (Å²) in [6.45, 7) is 0. The van der Waals surface area contributed by atoms with Crippen molar-refractivity contribution in [2.75, 3.05) is 16.9 Å². The van der Waals surface area contributed by atoms with Gasteiger partial charge in [0.15, 0.2) is 0 Å². The summed E-state index contributed by atoms with van der Waals surface area (Å²) >= 11 is 0. The van der Waals surface area contributed by atoms with E-state index in [1.807, 2.05) is 48.5 Å². The molecule has 0 saturated carbocycles. The number of hydrogen-bond acceptors (Lipinski definition) is 6. The number of nitrogen functional groups attached to an aromatic ring is 2. The Morgan fingerprint density at radius 3 is 2.48 bits per heavy atom. The number of nitrogens with zero attached hydrogens (tertiary/aromatic N) is 3. The average Bonchev–Trinajstić information content (AvgIpc) is 2.64. The second-order valence-electron chi connectivity index (χ2n) is 5.62. The van der Waals surface area contributed by atoms with Gasteiger partial charge in [0.2, 0.25) is 0 Å². The third-order valence-corrected chi connectivity index (χ3v) is 4.03. The van der Waals surface area contributed by atoms with Crippen molar-refractivity contribution in [1.29, 1.82) is 0 Å². The van der Waals surface area contributed by atoms with Gasteiger partial charge in [0.25, 0.3) is 0 Å². The molecule has 6 nitrogen and oxygen atoms in total. The summed E-state index contributed by atoms with van der Waals surface area (Å²) in [4.78, 5) is 8.65. The van der Waals surface area contributed by atoms with Crippen LogP contribution >= 0.6 is 0 Å². The van der Waals surface area contributed by atoms with Crippen molar-refractivity contribution in [2.45, 2.75) is 0 Å². The van der Waals surface area contributed by atoms with Crippen LogP contribution in [-0.4, -0.2) is 16.2 Å². The Morgan fingerprint density at radius 1 is 0.800 bits per heavy atom. The van der Waals surface area contributed by atoms with Gasteiger partial charge in [0.05, 0.1) is 34.3 Å². The highest BCUT2D eigenvalue weighted by atomic mass is 15.3. The van der Waals surface area contributed by atoms with Crippen molar-refractivity contribution in [1.82, 2.24) is 9.97 Å². The van der Waals surface area contributed by atoms with Crippen molar-refractivity contribution >= 4 is 45.1 Å². The van der Waals surface area contributed by atoms with Crippen molar-refractivity contribution < 1.29 is 0 Å². The fourth-order valence-electron chi connectivity index (χ4n) is 2.80. The van der Waals surface area contributed by atoms with Crippen molar-refractivity contribution in [2.24, 2.45) is 5.10 Å². The van der Waals surface area contributed by atoms with E-state index >= 15 is 0 Å². The molecule has 2 aromatic heterocycles. The molecule has 0 radical (unpaired) electrons. The van der Waals surface area contributed by atoms with Gasteiger partial charge in [-0.05, 0) is 24.3 Å². The average molecular weight is 328 g/mol. The molecule has 0 aliphatic heterocycles. The first-order valence-electron chi connectivity index (χ1n) is 7.79. The Hall–Kier alpha value is -3.67. The third-order valence-electron chi connectivity index (χ3n) is 4.03. The smallest absolute Gasteiger partial charge is 0.0952 e. The second kappa shape index (κ2) is 6.09. The van der Waals surface area contributed by atoms with Gasteiger partial charge in [-0.3, -0.25) is 15.4 Å². The molecule has 0 amide bonds. The topological polar surface area (TPSA) is 102 Å². The van der Waals surface area contributed by atoms with Crippen molar-refractivity contribution in [3.63, 3.8) is 0 Å².